The van der Waals surface area contributed by atoms with Crippen LogP contribution in [0.25, 0.3) is 0 Å². The lowest BCUT2D eigenvalue weighted by Gasteiger charge is -2.20. The number of carbonyl (C=O) groups is 4. The summed E-state index contributed by atoms with van der Waals surface area (Å²) in [5.41, 5.74) is 0.383. The van der Waals surface area contributed by atoms with Gasteiger partial charge in [-0.05, 0) is 36.4 Å². The molecule has 0 saturated heterocycles. The zero-order chi connectivity index (χ0) is 27.4. The van der Waals surface area contributed by atoms with Crippen molar-refractivity contribution in [1.29, 1.82) is 0 Å². The molecule has 0 unspecified atom stereocenters. The SMILES string of the molecule is CC(C)(C)C(=O)Nc1cc(NC(=O)C(C)(C)C)cc(C(=O)Nc2cccc(C(=O)Nc3nccs3)c2)c1. The van der Waals surface area contributed by atoms with Crippen molar-refractivity contribution in [3.8, 4) is 0 Å². The van der Waals surface area contributed by atoms with E-state index in [0.29, 0.717) is 27.8 Å². The number of carbonyl (C=O) groups excluding carboxylic acids is 4. The minimum atomic E-state index is -0.660. The molecule has 0 aliphatic carbocycles. The van der Waals surface area contributed by atoms with Crippen LogP contribution in [0.1, 0.15) is 62.3 Å². The Kier molecular flexibility index (Phi) is 8.12. The molecule has 37 heavy (non-hydrogen) atoms. The van der Waals surface area contributed by atoms with Crippen molar-refractivity contribution in [2.45, 2.75) is 41.5 Å². The molecule has 4 amide bonds. The fraction of sp³-hybridized carbons (Fsp3) is 0.296. The van der Waals surface area contributed by atoms with Gasteiger partial charge in [0.2, 0.25) is 11.8 Å². The minimum Gasteiger partial charge on any atom is -0.326 e. The molecule has 2 aromatic carbocycles. The Morgan fingerprint density at radius 2 is 1.22 bits per heavy atom. The van der Waals surface area contributed by atoms with E-state index in [1.807, 2.05) is 0 Å². The van der Waals surface area contributed by atoms with E-state index in [1.165, 1.54) is 23.5 Å². The monoisotopic (exact) mass is 521 g/mol. The van der Waals surface area contributed by atoms with Crippen LogP contribution in [0.15, 0.2) is 54.0 Å². The van der Waals surface area contributed by atoms with Crippen molar-refractivity contribution < 1.29 is 19.2 Å². The van der Waals surface area contributed by atoms with Crippen molar-refractivity contribution in [1.82, 2.24) is 4.98 Å². The predicted octanol–water partition coefficient (Wildman–Crippen LogP) is 5.62. The van der Waals surface area contributed by atoms with Crippen LogP contribution < -0.4 is 21.3 Å². The van der Waals surface area contributed by atoms with Crippen molar-refractivity contribution in [3.63, 3.8) is 0 Å². The van der Waals surface area contributed by atoms with Gasteiger partial charge < -0.3 is 16.0 Å². The van der Waals surface area contributed by atoms with Gasteiger partial charge in [-0.3, -0.25) is 24.5 Å². The molecule has 194 valence electrons. The van der Waals surface area contributed by atoms with Crippen LogP contribution in [0, 0.1) is 10.8 Å². The number of hydrogen-bond acceptors (Lipinski definition) is 6. The van der Waals surface area contributed by atoms with E-state index in [2.05, 4.69) is 26.3 Å². The Hall–Kier alpha value is -4.05. The van der Waals surface area contributed by atoms with E-state index in [9.17, 15) is 19.2 Å². The Morgan fingerprint density at radius 1 is 0.676 bits per heavy atom. The van der Waals surface area contributed by atoms with Gasteiger partial charge in [0.15, 0.2) is 5.13 Å². The third kappa shape index (κ3) is 7.71. The van der Waals surface area contributed by atoms with E-state index >= 15 is 0 Å². The summed E-state index contributed by atoms with van der Waals surface area (Å²) in [6.07, 6.45) is 1.59. The summed E-state index contributed by atoms with van der Waals surface area (Å²) in [7, 11) is 0. The number of benzene rings is 2. The first kappa shape index (κ1) is 27.5. The maximum absolute atomic E-state index is 13.2. The molecular weight excluding hydrogens is 490 g/mol. The van der Waals surface area contributed by atoms with E-state index in [-0.39, 0.29) is 23.3 Å². The van der Waals surface area contributed by atoms with Crippen LogP contribution >= 0.6 is 11.3 Å². The molecule has 0 atom stereocenters. The summed E-state index contributed by atoms with van der Waals surface area (Å²) in [6, 6.07) is 11.2. The quantitative estimate of drug-likeness (QED) is 0.335. The first-order valence-electron chi connectivity index (χ1n) is 11.6. The maximum atomic E-state index is 13.2. The molecule has 0 saturated carbocycles. The molecule has 0 aliphatic rings. The molecule has 0 fully saturated rings. The second-order valence-electron chi connectivity index (χ2n) is 10.5. The number of nitrogens with zero attached hydrogens (tertiary/aromatic N) is 1. The van der Waals surface area contributed by atoms with Gasteiger partial charge in [-0.15, -0.1) is 11.3 Å². The average Bonchev–Trinajstić information content (AvgIpc) is 3.31. The van der Waals surface area contributed by atoms with Crippen LogP contribution in [-0.2, 0) is 9.59 Å². The summed E-state index contributed by atoms with van der Waals surface area (Å²) in [5, 5.41) is 13.3. The summed E-state index contributed by atoms with van der Waals surface area (Å²) in [5.74, 6) is -1.31. The van der Waals surface area contributed by atoms with E-state index in [1.54, 1.807) is 83.5 Å². The topological polar surface area (TPSA) is 129 Å². The molecule has 0 bridgehead atoms. The van der Waals surface area contributed by atoms with Crippen LogP contribution in [0.5, 0.6) is 0 Å². The van der Waals surface area contributed by atoms with Gasteiger partial charge in [-0.25, -0.2) is 4.98 Å². The number of hydrogen-bond donors (Lipinski definition) is 4. The van der Waals surface area contributed by atoms with Crippen LogP contribution in [-0.4, -0.2) is 28.6 Å². The molecule has 4 N–H and O–H groups in total. The molecule has 3 aromatic rings. The van der Waals surface area contributed by atoms with Crippen LogP contribution in [0.4, 0.5) is 22.2 Å². The Bertz CT molecular complexity index is 1280. The standard InChI is InChI=1S/C27H31N5O4S/c1-26(2,3)23(35)30-19-13-17(14-20(15-19)31-24(36)27(4,5)6)22(34)29-18-9-7-8-16(12-18)21(33)32-25-28-10-11-37-25/h7-15H,1-6H3,(H,29,34)(H,30,35)(H,31,36)(H,28,32,33). The summed E-state index contributed by atoms with van der Waals surface area (Å²) in [4.78, 5) is 54.9. The molecule has 0 radical (unpaired) electrons. The number of anilines is 4. The highest BCUT2D eigenvalue weighted by atomic mass is 32.1. The highest BCUT2D eigenvalue weighted by Gasteiger charge is 2.24. The van der Waals surface area contributed by atoms with Crippen molar-refractivity contribution in [3.05, 3.63) is 65.2 Å². The molecule has 1 heterocycles. The largest absolute Gasteiger partial charge is 0.326 e. The number of amides is 4. The Balaban J connectivity index is 1.85. The number of nitrogens with one attached hydrogen (secondary N) is 4. The number of thiazole rings is 1. The zero-order valence-electron chi connectivity index (χ0n) is 21.7. The van der Waals surface area contributed by atoms with E-state index < -0.39 is 16.7 Å². The Labute approximate surface area is 220 Å². The minimum absolute atomic E-state index is 0.216. The van der Waals surface area contributed by atoms with Gasteiger partial charge in [-0.1, -0.05) is 47.6 Å². The third-order valence-electron chi connectivity index (χ3n) is 5.11. The fourth-order valence-corrected chi connectivity index (χ4v) is 3.46. The Morgan fingerprint density at radius 3 is 1.73 bits per heavy atom. The lowest BCUT2D eigenvalue weighted by atomic mass is 9.95. The van der Waals surface area contributed by atoms with Crippen LogP contribution in [0.2, 0.25) is 0 Å². The zero-order valence-corrected chi connectivity index (χ0v) is 22.5. The van der Waals surface area contributed by atoms with Crippen molar-refractivity contribution >= 4 is 57.2 Å². The van der Waals surface area contributed by atoms with Gasteiger partial charge in [0, 0.05) is 50.6 Å². The molecule has 10 heteroatoms. The van der Waals surface area contributed by atoms with Gasteiger partial charge in [0.1, 0.15) is 0 Å². The maximum Gasteiger partial charge on any atom is 0.257 e. The third-order valence-corrected chi connectivity index (χ3v) is 5.80. The van der Waals surface area contributed by atoms with Gasteiger partial charge in [-0.2, -0.15) is 0 Å². The fourth-order valence-electron chi connectivity index (χ4n) is 2.94. The second kappa shape index (κ2) is 10.9. The predicted molar refractivity (Wildman–Crippen MR) is 147 cm³/mol. The summed E-state index contributed by atoms with van der Waals surface area (Å²) < 4.78 is 0. The van der Waals surface area contributed by atoms with Crippen molar-refractivity contribution in [2.75, 3.05) is 21.3 Å². The van der Waals surface area contributed by atoms with Gasteiger partial charge >= 0.3 is 0 Å². The average molecular weight is 522 g/mol. The lowest BCUT2D eigenvalue weighted by molar-refractivity contribution is -0.123. The van der Waals surface area contributed by atoms with E-state index in [4.69, 9.17) is 0 Å². The summed E-state index contributed by atoms with van der Waals surface area (Å²) in [6.45, 7) is 10.7. The molecule has 1 aromatic heterocycles. The second-order valence-corrected chi connectivity index (χ2v) is 11.4. The first-order valence-corrected chi connectivity index (χ1v) is 12.5. The van der Waals surface area contributed by atoms with Gasteiger partial charge in [0.25, 0.3) is 11.8 Å². The van der Waals surface area contributed by atoms with E-state index in [0.717, 1.165) is 0 Å². The smallest absolute Gasteiger partial charge is 0.257 e. The van der Waals surface area contributed by atoms with Gasteiger partial charge in [0.05, 0.1) is 0 Å². The van der Waals surface area contributed by atoms with Crippen LogP contribution in [0.3, 0.4) is 0 Å². The number of rotatable bonds is 6. The normalized spacial score (nSPS) is 11.4. The van der Waals surface area contributed by atoms with Crippen molar-refractivity contribution in [2.24, 2.45) is 10.8 Å². The molecule has 9 nitrogen and oxygen atoms in total. The molecule has 0 aliphatic heterocycles. The highest BCUT2D eigenvalue weighted by Crippen LogP contribution is 2.25. The first-order chi connectivity index (χ1) is 17.2. The molecule has 0 spiro atoms. The lowest BCUT2D eigenvalue weighted by Crippen LogP contribution is -2.29. The summed E-state index contributed by atoms with van der Waals surface area (Å²) >= 11 is 1.30. The number of aromatic nitrogens is 1. The molecular formula is C27H31N5O4S. The molecule has 3 rings (SSSR count). The highest BCUT2D eigenvalue weighted by molar-refractivity contribution is 7.13.